The van der Waals surface area contributed by atoms with Crippen LogP contribution < -0.4 is 19.7 Å². The first kappa shape index (κ1) is 17.5. The minimum absolute atomic E-state index is 0.0407. The molecule has 0 bridgehead atoms. The summed E-state index contributed by atoms with van der Waals surface area (Å²) in [6.45, 7) is 6.27. The molecule has 0 radical (unpaired) electrons. The smallest absolute Gasteiger partial charge is 0.321 e. The lowest BCUT2D eigenvalue weighted by atomic mass is 10.1. The predicted molar refractivity (Wildman–Crippen MR) is 106 cm³/mol. The highest BCUT2D eigenvalue weighted by atomic mass is 16.6. The Labute approximate surface area is 159 Å². The number of nitrogens with zero attached hydrogens (tertiary/aromatic N) is 2. The van der Waals surface area contributed by atoms with Crippen molar-refractivity contribution < 1.29 is 14.3 Å². The summed E-state index contributed by atoms with van der Waals surface area (Å²) in [6.07, 6.45) is 0.996. The number of hydrogen-bond donors (Lipinski definition) is 1. The van der Waals surface area contributed by atoms with Gasteiger partial charge in [0.25, 0.3) is 0 Å². The summed E-state index contributed by atoms with van der Waals surface area (Å²) in [7, 11) is 0. The number of carbonyl (C=O) groups is 1. The SMILES string of the molecule is CCc1ccc(NC(=O)N2CCN(c3ccc4c(c3)OCCO4)CC2)cc1. The Hall–Kier alpha value is -2.89. The van der Waals surface area contributed by atoms with Crippen molar-refractivity contribution >= 4 is 17.4 Å². The molecule has 2 aromatic carbocycles. The van der Waals surface area contributed by atoms with Crippen molar-refractivity contribution in [2.45, 2.75) is 13.3 Å². The fraction of sp³-hybridized carbons (Fsp3) is 0.381. The standard InChI is InChI=1S/C21H25N3O3/c1-2-16-3-5-17(6-4-16)22-21(25)24-11-9-23(10-12-24)18-7-8-19-20(15-18)27-14-13-26-19/h3-8,15H,2,9-14H2,1H3,(H,22,25). The van der Waals surface area contributed by atoms with Crippen LogP contribution in [0.2, 0.25) is 0 Å². The summed E-state index contributed by atoms with van der Waals surface area (Å²) in [5.41, 5.74) is 3.21. The third-order valence-electron chi connectivity index (χ3n) is 5.07. The number of anilines is 2. The van der Waals surface area contributed by atoms with Gasteiger partial charge in [-0.2, -0.15) is 0 Å². The number of piperazine rings is 1. The average molecular weight is 367 g/mol. The maximum absolute atomic E-state index is 12.5. The van der Waals surface area contributed by atoms with E-state index in [0.717, 1.165) is 42.4 Å². The molecule has 1 fully saturated rings. The van der Waals surface area contributed by atoms with Gasteiger partial charge in [0.15, 0.2) is 11.5 Å². The van der Waals surface area contributed by atoms with E-state index in [0.29, 0.717) is 26.3 Å². The molecule has 2 amide bonds. The van der Waals surface area contributed by atoms with Crippen molar-refractivity contribution in [3.63, 3.8) is 0 Å². The maximum atomic E-state index is 12.5. The Bertz CT molecular complexity index is 799. The van der Waals surface area contributed by atoms with Crippen molar-refractivity contribution in [2.24, 2.45) is 0 Å². The van der Waals surface area contributed by atoms with Crippen LogP contribution in [0.25, 0.3) is 0 Å². The second kappa shape index (κ2) is 7.78. The molecule has 6 nitrogen and oxygen atoms in total. The molecule has 142 valence electrons. The van der Waals surface area contributed by atoms with E-state index in [4.69, 9.17) is 9.47 Å². The van der Waals surface area contributed by atoms with Crippen LogP contribution in [0, 0.1) is 0 Å². The van der Waals surface area contributed by atoms with Crippen LogP contribution in [-0.2, 0) is 6.42 Å². The fourth-order valence-corrected chi connectivity index (χ4v) is 3.42. The molecular weight excluding hydrogens is 342 g/mol. The first-order valence-corrected chi connectivity index (χ1v) is 9.52. The molecule has 2 aromatic rings. The number of amides is 2. The molecule has 4 rings (SSSR count). The Morgan fingerprint density at radius 1 is 0.963 bits per heavy atom. The molecule has 0 aromatic heterocycles. The van der Waals surface area contributed by atoms with Crippen molar-refractivity contribution in [3.8, 4) is 11.5 Å². The fourth-order valence-electron chi connectivity index (χ4n) is 3.42. The lowest BCUT2D eigenvalue weighted by Gasteiger charge is -2.36. The number of aryl methyl sites for hydroxylation is 1. The molecule has 1 N–H and O–H groups in total. The van der Waals surface area contributed by atoms with E-state index < -0.39 is 0 Å². The lowest BCUT2D eigenvalue weighted by Crippen LogP contribution is -2.50. The van der Waals surface area contributed by atoms with Crippen molar-refractivity contribution in [1.82, 2.24) is 4.90 Å². The quantitative estimate of drug-likeness (QED) is 0.904. The third-order valence-corrected chi connectivity index (χ3v) is 5.07. The number of fused-ring (bicyclic) bond motifs is 1. The highest BCUT2D eigenvalue weighted by Gasteiger charge is 2.22. The van der Waals surface area contributed by atoms with E-state index in [-0.39, 0.29) is 6.03 Å². The zero-order valence-electron chi connectivity index (χ0n) is 15.6. The molecular formula is C21H25N3O3. The van der Waals surface area contributed by atoms with Crippen LogP contribution in [0.15, 0.2) is 42.5 Å². The van der Waals surface area contributed by atoms with Gasteiger partial charge in [-0.1, -0.05) is 19.1 Å². The summed E-state index contributed by atoms with van der Waals surface area (Å²) >= 11 is 0. The molecule has 0 aliphatic carbocycles. The summed E-state index contributed by atoms with van der Waals surface area (Å²) in [5, 5.41) is 2.99. The molecule has 2 heterocycles. The van der Waals surface area contributed by atoms with Gasteiger partial charge in [-0.05, 0) is 36.2 Å². The number of hydrogen-bond acceptors (Lipinski definition) is 4. The Morgan fingerprint density at radius 2 is 1.67 bits per heavy atom. The molecule has 1 saturated heterocycles. The summed E-state index contributed by atoms with van der Waals surface area (Å²) < 4.78 is 11.3. The predicted octanol–water partition coefficient (Wildman–Crippen LogP) is 3.37. The van der Waals surface area contributed by atoms with E-state index in [9.17, 15) is 4.79 Å². The van der Waals surface area contributed by atoms with Crippen LogP contribution in [0.3, 0.4) is 0 Å². The summed E-state index contributed by atoms with van der Waals surface area (Å²) in [4.78, 5) is 16.7. The van der Waals surface area contributed by atoms with E-state index in [2.05, 4.69) is 35.3 Å². The number of benzene rings is 2. The topological polar surface area (TPSA) is 54.0 Å². The minimum Gasteiger partial charge on any atom is -0.486 e. The summed E-state index contributed by atoms with van der Waals surface area (Å²) in [5.74, 6) is 1.60. The molecule has 0 atom stereocenters. The van der Waals surface area contributed by atoms with Crippen LogP contribution in [0.1, 0.15) is 12.5 Å². The zero-order valence-corrected chi connectivity index (χ0v) is 15.6. The molecule has 6 heteroatoms. The van der Waals surface area contributed by atoms with Crippen LogP contribution in [0.4, 0.5) is 16.2 Å². The van der Waals surface area contributed by atoms with Gasteiger partial charge in [0.05, 0.1) is 0 Å². The second-order valence-corrected chi connectivity index (χ2v) is 6.78. The van der Waals surface area contributed by atoms with Gasteiger partial charge >= 0.3 is 6.03 Å². The van der Waals surface area contributed by atoms with Crippen molar-refractivity contribution in [1.29, 1.82) is 0 Å². The number of carbonyl (C=O) groups excluding carboxylic acids is 1. The molecule has 0 unspecified atom stereocenters. The Morgan fingerprint density at radius 3 is 2.37 bits per heavy atom. The maximum Gasteiger partial charge on any atom is 0.321 e. The van der Waals surface area contributed by atoms with Crippen LogP contribution in [-0.4, -0.2) is 50.3 Å². The van der Waals surface area contributed by atoms with Gasteiger partial charge in [0, 0.05) is 43.6 Å². The highest BCUT2D eigenvalue weighted by molar-refractivity contribution is 5.89. The monoisotopic (exact) mass is 367 g/mol. The molecule has 2 aliphatic heterocycles. The third kappa shape index (κ3) is 3.94. The Kier molecular flexibility index (Phi) is 5.05. The van der Waals surface area contributed by atoms with Gasteiger partial charge in [-0.25, -0.2) is 4.79 Å². The van der Waals surface area contributed by atoms with E-state index >= 15 is 0 Å². The molecule has 0 spiro atoms. The molecule has 0 saturated carbocycles. The van der Waals surface area contributed by atoms with Gasteiger partial charge in [-0.3, -0.25) is 0 Å². The highest BCUT2D eigenvalue weighted by Crippen LogP contribution is 2.34. The summed E-state index contributed by atoms with van der Waals surface area (Å²) in [6, 6.07) is 14.0. The van der Waals surface area contributed by atoms with Crippen LogP contribution >= 0.6 is 0 Å². The largest absolute Gasteiger partial charge is 0.486 e. The number of rotatable bonds is 3. The Balaban J connectivity index is 1.33. The molecule has 27 heavy (non-hydrogen) atoms. The first-order chi connectivity index (χ1) is 13.2. The van der Waals surface area contributed by atoms with Crippen LogP contribution in [0.5, 0.6) is 11.5 Å². The van der Waals surface area contributed by atoms with Gasteiger partial charge < -0.3 is 24.6 Å². The average Bonchev–Trinajstić information content (AvgIpc) is 2.74. The normalized spacial score (nSPS) is 16.2. The lowest BCUT2D eigenvalue weighted by molar-refractivity contribution is 0.171. The zero-order chi connectivity index (χ0) is 18.6. The van der Waals surface area contributed by atoms with E-state index in [1.165, 1.54) is 5.56 Å². The minimum atomic E-state index is -0.0407. The number of urea groups is 1. The van der Waals surface area contributed by atoms with Gasteiger partial charge in [0.1, 0.15) is 13.2 Å². The first-order valence-electron chi connectivity index (χ1n) is 9.52. The molecule has 2 aliphatic rings. The van der Waals surface area contributed by atoms with Gasteiger partial charge in [0.2, 0.25) is 0 Å². The number of nitrogens with one attached hydrogen (secondary N) is 1. The van der Waals surface area contributed by atoms with Crippen molar-refractivity contribution in [3.05, 3.63) is 48.0 Å². The van der Waals surface area contributed by atoms with E-state index in [1.807, 2.05) is 29.2 Å². The number of ether oxygens (including phenoxy) is 2. The van der Waals surface area contributed by atoms with Gasteiger partial charge in [-0.15, -0.1) is 0 Å². The second-order valence-electron chi connectivity index (χ2n) is 6.78. The van der Waals surface area contributed by atoms with Crippen molar-refractivity contribution in [2.75, 3.05) is 49.6 Å². The van der Waals surface area contributed by atoms with E-state index in [1.54, 1.807) is 0 Å².